The molecule has 0 amide bonds. The van der Waals surface area contributed by atoms with E-state index < -0.39 is 0 Å². The molecule has 0 spiro atoms. The number of benzene rings is 1. The molecule has 33 heavy (non-hydrogen) atoms. The van der Waals surface area contributed by atoms with Gasteiger partial charge in [0.1, 0.15) is 11.5 Å². The lowest BCUT2D eigenvalue weighted by molar-refractivity contribution is 0.302. The minimum Gasteiger partial charge on any atom is -0.395 e. The van der Waals surface area contributed by atoms with Gasteiger partial charge < -0.3 is 15.0 Å². The lowest BCUT2D eigenvalue weighted by Gasteiger charge is -2.26. The van der Waals surface area contributed by atoms with Gasteiger partial charge in [-0.05, 0) is 42.2 Å². The second-order valence-electron chi connectivity index (χ2n) is 8.47. The van der Waals surface area contributed by atoms with E-state index in [2.05, 4.69) is 51.3 Å². The Balaban J connectivity index is 1.47. The zero-order chi connectivity index (χ0) is 22.8. The predicted molar refractivity (Wildman–Crippen MR) is 134 cm³/mol. The van der Waals surface area contributed by atoms with Crippen LogP contribution in [0.4, 0.5) is 5.82 Å². The number of fused-ring (bicyclic) bond motifs is 1. The van der Waals surface area contributed by atoms with Crippen LogP contribution in [-0.2, 0) is 0 Å². The Morgan fingerprint density at radius 1 is 1.21 bits per heavy atom. The molecule has 7 heteroatoms. The average Bonchev–Trinajstić information content (AvgIpc) is 3.45. The summed E-state index contributed by atoms with van der Waals surface area (Å²) >= 11 is 6.21. The molecule has 0 radical (unpaired) electrons. The summed E-state index contributed by atoms with van der Waals surface area (Å²) < 4.78 is 0. The van der Waals surface area contributed by atoms with Crippen LogP contribution < -0.4 is 4.90 Å². The number of nitrogens with zero attached hydrogens (tertiary/aromatic N) is 3. The third-order valence-electron chi connectivity index (χ3n) is 6.01. The molecule has 0 aliphatic heterocycles. The molecule has 0 fully saturated rings. The zero-order valence-electron chi connectivity index (χ0n) is 18.4. The molecular formula is C26H26ClN5O. The molecule has 6 nitrogen and oxygen atoms in total. The standard InChI is InChI=1S/C26H26ClN5O/c1-17-4-2-5-18(12-17)16-32(10-11-33)24-9-8-21-23(14-28-26(21)30-24)25-22(15-29-31-25)19-6-3-7-20(27)13-19/h2-9,13-15,17,33H,10-12,16H2,1H3,(H,28,30)(H,29,31). The van der Waals surface area contributed by atoms with E-state index in [0.717, 1.165) is 52.2 Å². The quantitative estimate of drug-likeness (QED) is 0.336. The van der Waals surface area contributed by atoms with E-state index in [9.17, 15) is 5.11 Å². The Morgan fingerprint density at radius 3 is 2.94 bits per heavy atom. The van der Waals surface area contributed by atoms with Crippen LogP contribution in [0.2, 0.25) is 5.02 Å². The fourth-order valence-corrected chi connectivity index (χ4v) is 4.62. The highest BCUT2D eigenvalue weighted by atomic mass is 35.5. The molecule has 5 rings (SSSR count). The molecule has 1 aliphatic rings. The number of nitrogens with one attached hydrogen (secondary N) is 2. The predicted octanol–water partition coefficient (Wildman–Crippen LogP) is 5.59. The minimum atomic E-state index is 0.0749. The third-order valence-corrected chi connectivity index (χ3v) is 6.25. The summed E-state index contributed by atoms with van der Waals surface area (Å²) in [7, 11) is 0. The molecule has 1 unspecified atom stereocenters. The van der Waals surface area contributed by atoms with E-state index >= 15 is 0 Å². The molecule has 168 valence electrons. The van der Waals surface area contributed by atoms with E-state index in [0.29, 0.717) is 17.5 Å². The summed E-state index contributed by atoms with van der Waals surface area (Å²) in [5.41, 5.74) is 6.04. The van der Waals surface area contributed by atoms with E-state index in [1.165, 1.54) is 5.57 Å². The molecular weight excluding hydrogens is 434 g/mol. The van der Waals surface area contributed by atoms with Gasteiger partial charge in [0, 0.05) is 40.8 Å². The molecule has 1 atom stereocenters. The Kier molecular flexibility index (Phi) is 6.03. The van der Waals surface area contributed by atoms with Crippen molar-refractivity contribution in [3.63, 3.8) is 0 Å². The number of aromatic nitrogens is 4. The van der Waals surface area contributed by atoms with Gasteiger partial charge in [-0.15, -0.1) is 0 Å². The van der Waals surface area contributed by atoms with Crippen molar-refractivity contribution in [1.29, 1.82) is 0 Å². The van der Waals surface area contributed by atoms with Crippen molar-refractivity contribution in [2.45, 2.75) is 13.3 Å². The van der Waals surface area contributed by atoms with Gasteiger partial charge in [0.15, 0.2) is 0 Å². The van der Waals surface area contributed by atoms with Crippen LogP contribution in [0.15, 0.2) is 72.6 Å². The minimum absolute atomic E-state index is 0.0749. The summed E-state index contributed by atoms with van der Waals surface area (Å²) in [5.74, 6) is 1.37. The van der Waals surface area contributed by atoms with Crippen LogP contribution in [0, 0.1) is 5.92 Å². The normalized spacial score (nSPS) is 15.7. The van der Waals surface area contributed by atoms with Crippen molar-refractivity contribution in [2.75, 3.05) is 24.6 Å². The van der Waals surface area contributed by atoms with E-state index in [4.69, 9.17) is 16.6 Å². The van der Waals surface area contributed by atoms with E-state index in [1.807, 2.05) is 42.7 Å². The molecule has 3 heterocycles. The fourth-order valence-electron chi connectivity index (χ4n) is 4.43. The maximum Gasteiger partial charge on any atom is 0.140 e. The Bertz CT molecular complexity index is 1340. The molecule has 3 N–H and O–H groups in total. The van der Waals surface area contributed by atoms with Crippen molar-refractivity contribution in [3.8, 4) is 22.4 Å². The van der Waals surface area contributed by atoms with Crippen molar-refractivity contribution < 1.29 is 5.11 Å². The maximum atomic E-state index is 9.65. The second-order valence-corrected chi connectivity index (χ2v) is 8.91. The van der Waals surface area contributed by atoms with Crippen LogP contribution in [-0.4, -0.2) is 45.0 Å². The molecule has 3 aromatic heterocycles. The number of pyridine rings is 1. The van der Waals surface area contributed by atoms with Gasteiger partial charge >= 0.3 is 0 Å². The monoisotopic (exact) mass is 459 g/mol. The first-order chi connectivity index (χ1) is 16.1. The van der Waals surface area contributed by atoms with Crippen molar-refractivity contribution in [3.05, 3.63) is 77.6 Å². The number of aromatic amines is 2. The van der Waals surface area contributed by atoms with Gasteiger partial charge in [0.05, 0.1) is 18.5 Å². The lowest BCUT2D eigenvalue weighted by Crippen LogP contribution is -2.30. The van der Waals surface area contributed by atoms with E-state index in [-0.39, 0.29) is 6.61 Å². The second kappa shape index (κ2) is 9.25. The van der Waals surface area contributed by atoms with Crippen molar-refractivity contribution >= 4 is 28.5 Å². The number of anilines is 1. The van der Waals surface area contributed by atoms with Gasteiger partial charge in [-0.2, -0.15) is 5.10 Å². The Labute approximate surface area is 197 Å². The number of aliphatic hydroxyl groups excluding tert-OH is 1. The Morgan fingerprint density at radius 2 is 2.12 bits per heavy atom. The molecule has 1 aliphatic carbocycles. The summed E-state index contributed by atoms with van der Waals surface area (Å²) in [6.07, 6.45) is 11.3. The van der Waals surface area contributed by atoms with Crippen LogP contribution >= 0.6 is 11.6 Å². The summed E-state index contributed by atoms with van der Waals surface area (Å²) in [5, 5.41) is 18.8. The van der Waals surface area contributed by atoms with Crippen LogP contribution in [0.1, 0.15) is 13.3 Å². The lowest BCUT2D eigenvalue weighted by atomic mass is 9.95. The van der Waals surface area contributed by atoms with Gasteiger partial charge in [-0.1, -0.05) is 54.5 Å². The SMILES string of the molecule is CC1C=CC=C(CN(CCO)c2ccc3c(-c4[nH]ncc4-c4cccc(Cl)c4)c[nH]c3n2)C1. The first-order valence-electron chi connectivity index (χ1n) is 11.1. The third kappa shape index (κ3) is 4.45. The van der Waals surface area contributed by atoms with Crippen molar-refractivity contribution in [2.24, 2.45) is 5.92 Å². The average molecular weight is 460 g/mol. The first kappa shape index (κ1) is 21.5. The topological polar surface area (TPSA) is 80.8 Å². The number of H-pyrrole nitrogens is 2. The largest absolute Gasteiger partial charge is 0.395 e. The molecule has 0 saturated carbocycles. The van der Waals surface area contributed by atoms with Crippen LogP contribution in [0.3, 0.4) is 0 Å². The summed E-state index contributed by atoms with van der Waals surface area (Å²) in [6, 6.07) is 11.9. The maximum absolute atomic E-state index is 9.65. The Hall–Kier alpha value is -3.35. The van der Waals surface area contributed by atoms with Crippen molar-refractivity contribution in [1.82, 2.24) is 20.2 Å². The van der Waals surface area contributed by atoms with Gasteiger partial charge in [0.2, 0.25) is 0 Å². The van der Waals surface area contributed by atoms with Gasteiger partial charge in [0.25, 0.3) is 0 Å². The highest BCUT2D eigenvalue weighted by Gasteiger charge is 2.18. The van der Waals surface area contributed by atoms with E-state index in [1.54, 1.807) is 0 Å². The van der Waals surface area contributed by atoms with Crippen LogP contribution in [0.25, 0.3) is 33.4 Å². The zero-order valence-corrected chi connectivity index (χ0v) is 19.2. The summed E-state index contributed by atoms with van der Waals surface area (Å²) in [6.45, 7) is 3.57. The first-order valence-corrected chi connectivity index (χ1v) is 11.5. The van der Waals surface area contributed by atoms with Crippen LogP contribution in [0.5, 0.6) is 0 Å². The van der Waals surface area contributed by atoms with Gasteiger partial charge in [-0.3, -0.25) is 5.10 Å². The molecule has 0 saturated heterocycles. The highest BCUT2D eigenvalue weighted by Crippen LogP contribution is 2.35. The highest BCUT2D eigenvalue weighted by molar-refractivity contribution is 6.30. The number of rotatable bonds is 7. The smallest absolute Gasteiger partial charge is 0.140 e. The number of hydrogen-bond acceptors (Lipinski definition) is 4. The fraction of sp³-hybridized carbons (Fsp3) is 0.231. The summed E-state index contributed by atoms with van der Waals surface area (Å²) in [4.78, 5) is 10.3. The number of aliphatic hydroxyl groups is 1. The number of halogens is 1. The molecule has 1 aromatic carbocycles. The van der Waals surface area contributed by atoms with Gasteiger partial charge in [-0.25, -0.2) is 4.98 Å². The molecule has 0 bridgehead atoms. The number of allylic oxidation sites excluding steroid dienone is 3. The number of hydrogen-bond donors (Lipinski definition) is 3. The molecule has 4 aromatic rings.